The lowest BCUT2D eigenvalue weighted by molar-refractivity contribution is 0.241. The fourth-order valence-electron chi connectivity index (χ4n) is 0.275. The van der Waals surface area contributed by atoms with E-state index in [0.29, 0.717) is 12.3 Å². The van der Waals surface area contributed by atoms with Gasteiger partial charge >= 0.3 is 0 Å². The molecule has 1 amide bonds. The first-order valence-electron chi connectivity index (χ1n) is 2.72. The first-order valence-corrected chi connectivity index (χ1v) is 3.71. The summed E-state index contributed by atoms with van der Waals surface area (Å²) in [5.41, 5.74) is 5.19. The minimum atomic E-state index is 0.0699. The molecule has 0 saturated carbocycles. The summed E-state index contributed by atoms with van der Waals surface area (Å²) in [5.74, 6) is 0.705. The van der Waals surface area contributed by atoms with E-state index in [9.17, 15) is 4.79 Å². The van der Waals surface area contributed by atoms with E-state index in [4.69, 9.17) is 5.73 Å². The van der Waals surface area contributed by atoms with E-state index in [1.54, 1.807) is 19.0 Å². The third-order valence-electron chi connectivity index (χ3n) is 0.709. The molecule has 0 aliphatic carbocycles. The van der Waals surface area contributed by atoms with Gasteiger partial charge in [0, 0.05) is 26.4 Å². The summed E-state index contributed by atoms with van der Waals surface area (Å²) >= 11 is 1.25. The van der Waals surface area contributed by atoms with Gasteiger partial charge in [0.15, 0.2) is 0 Å². The molecular weight excluding hydrogens is 136 g/mol. The molecule has 0 fully saturated rings. The Morgan fingerprint density at radius 2 is 2.22 bits per heavy atom. The number of rotatable bonds is 2. The minimum absolute atomic E-state index is 0.0699. The molecule has 0 spiro atoms. The Hall–Kier alpha value is -0.220. The molecule has 4 heteroatoms. The summed E-state index contributed by atoms with van der Waals surface area (Å²) < 4.78 is 0. The van der Waals surface area contributed by atoms with Crippen LogP contribution in [0.15, 0.2) is 0 Å². The van der Waals surface area contributed by atoms with Crippen molar-refractivity contribution >= 4 is 17.0 Å². The zero-order valence-electron chi connectivity index (χ0n) is 5.76. The molecule has 0 heterocycles. The highest BCUT2D eigenvalue weighted by Crippen LogP contribution is 2.02. The van der Waals surface area contributed by atoms with Crippen LogP contribution in [0.3, 0.4) is 0 Å². The second-order valence-corrected chi connectivity index (χ2v) is 2.84. The molecular formula is C5H12N2OS. The van der Waals surface area contributed by atoms with Gasteiger partial charge in [-0.3, -0.25) is 4.79 Å². The molecule has 0 atom stereocenters. The molecule has 54 valence electrons. The van der Waals surface area contributed by atoms with Gasteiger partial charge < -0.3 is 10.6 Å². The fraction of sp³-hybridized carbons (Fsp3) is 0.800. The number of amides is 1. The predicted molar refractivity (Wildman–Crippen MR) is 40.6 cm³/mol. The van der Waals surface area contributed by atoms with Gasteiger partial charge in [-0.2, -0.15) is 0 Å². The highest BCUT2D eigenvalue weighted by Gasteiger charge is 2.01. The lowest BCUT2D eigenvalue weighted by Gasteiger charge is -2.07. The average molecular weight is 148 g/mol. The predicted octanol–water partition coefficient (Wildman–Crippen LogP) is 0.360. The van der Waals surface area contributed by atoms with E-state index in [2.05, 4.69) is 0 Å². The zero-order valence-corrected chi connectivity index (χ0v) is 6.57. The SMILES string of the molecule is CN(C)C(=O)SCCN. The van der Waals surface area contributed by atoms with Gasteiger partial charge in [-0.15, -0.1) is 0 Å². The monoisotopic (exact) mass is 148 g/mol. The van der Waals surface area contributed by atoms with Crippen molar-refractivity contribution in [3.63, 3.8) is 0 Å². The Kier molecular flexibility index (Phi) is 4.53. The van der Waals surface area contributed by atoms with Crippen LogP contribution in [0.2, 0.25) is 0 Å². The van der Waals surface area contributed by atoms with Gasteiger partial charge in [0.25, 0.3) is 5.24 Å². The van der Waals surface area contributed by atoms with Crippen molar-refractivity contribution in [3.05, 3.63) is 0 Å². The molecule has 0 unspecified atom stereocenters. The topological polar surface area (TPSA) is 46.3 Å². The van der Waals surface area contributed by atoms with Crippen molar-refractivity contribution in [3.8, 4) is 0 Å². The van der Waals surface area contributed by atoms with Crippen LogP contribution in [0.4, 0.5) is 4.79 Å². The Balaban J connectivity index is 3.28. The van der Waals surface area contributed by atoms with Crippen molar-refractivity contribution in [1.82, 2.24) is 4.90 Å². The van der Waals surface area contributed by atoms with Crippen LogP contribution in [0.25, 0.3) is 0 Å². The summed E-state index contributed by atoms with van der Waals surface area (Å²) in [7, 11) is 3.46. The summed E-state index contributed by atoms with van der Waals surface area (Å²) in [6, 6.07) is 0. The van der Waals surface area contributed by atoms with Crippen molar-refractivity contribution in [2.45, 2.75) is 0 Å². The second-order valence-electron chi connectivity index (χ2n) is 1.80. The van der Waals surface area contributed by atoms with E-state index >= 15 is 0 Å². The number of hydrogen-bond donors (Lipinski definition) is 1. The summed E-state index contributed by atoms with van der Waals surface area (Å²) in [6.45, 7) is 0.560. The van der Waals surface area contributed by atoms with Gasteiger partial charge in [0.1, 0.15) is 0 Å². The third-order valence-corrected chi connectivity index (χ3v) is 1.76. The second kappa shape index (κ2) is 4.64. The van der Waals surface area contributed by atoms with Gasteiger partial charge in [-0.1, -0.05) is 11.8 Å². The number of carbonyl (C=O) groups excluding carboxylic acids is 1. The van der Waals surface area contributed by atoms with Crippen LogP contribution in [-0.4, -0.2) is 36.5 Å². The molecule has 0 aliphatic heterocycles. The lowest BCUT2D eigenvalue weighted by atomic mass is 10.8. The quantitative estimate of drug-likeness (QED) is 0.615. The van der Waals surface area contributed by atoms with Crippen LogP contribution in [-0.2, 0) is 0 Å². The zero-order chi connectivity index (χ0) is 7.28. The van der Waals surface area contributed by atoms with E-state index in [1.165, 1.54) is 11.8 Å². The van der Waals surface area contributed by atoms with E-state index < -0.39 is 0 Å². The molecule has 0 rings (SSSR count). The lowest BCUT2D eigenvalue weighted by Crippen LogP contribution is -2.18. The minimum Gasteiger partial charge on any atom is -0.340 e. The molecule has 0 bridgehead atoms. The molecule has 0 aromatic heterocycles. The van der Waals surface area contributed by atoms with Crippen molar-refractivity contribution in [2.75, 3.05) is 26.4 Å². The van der Waals surface area contributed by atoms with E-state index in [-0.39, 0.29) is 5.24 Å². The molecule has 0 aliphatic rings. The third kappa shape index (κ3) is 4.29. The van der Waals surface area contributed by atoms with Gasteiger partial charge in [-0.05, 0) is 0 Å². The maximum absolute atomic E-state index is 10.7. The number of carbonyl (C=O) groups is 1. The van der Waals surface area contributed by atoms with Gasteiger partial charge in [-0.25, -0.2) is 0 Å². The standard InChI is InChI=1S/C5H12N2OS/c1-7(2)5(8)9-4-3-6/h3-4,6H2,1-2H3. The Bertz CT molecular complexity index is 95.0. The van der Waals surface area contributed by atoms with E-state index in [0.717, 1.165) is 0 Å². The fourth-order valence-corrected chi connectivity index (χ4v) is 0.826. The molecule has 2 N–H and O–H groups in total. The van der Waals surface area contributed by atoms with E-state index in [1.807, 2.05) is 0 Å². The molecule has 9 heavy (non-hydrogen) atoms. The summed E-state index contributed by atoms with van der Waals surface area (Å²) in [5, 5.41) is 0.0699. The Morgan fingerprint density at radius 3 is 2.56 bits per heavy atom. The van der Waals surface area contributed by atoms with Crippen LogP contribution in [0.1, 0.15) is 0 Å². The van der Waals surface area contributed by atoms with Crippen molar-refractivity contribution in [1.29, 1.82) is 0 Å². The average Bonchev–Trinajstić information content (AvgIpc) is 1.82. The van der Waals surface area contributed by atoms with Crippen molar-refractivity contribution in [2.24, 2.45) is 5.73 Å². The first kappa shape index (κ1) is 8.78. The van der Waals surface area contributed by atoms with Crippen LogP contribution in [0.5, 0.6) is 0 Å². The molecule has 0 aromatic carbocycles. The summed E-state index contributed by atoms with van der Waals surface area (Å²) in [6.07, 6.45) is 0. The van der Waals surface area contributed by atoms with Gasteiger partial charge in [0.2, 0.25) is 0 Å². The Labute approximate surface area is 59.6 Å². The summed E-state index contributed by atoms with van der Waals surface area (Å²) in [4.78, 5) is 12.3. The highest BCUT2D eigenvalue weighted by molar-refractivity contribution is 8.13. The van der Waals surface area contributed by atoms with Crippen LogP contribution in [0, 0.1) is 0 Å². The maximum Gasteiger partial charge on any atom is 0.281 e. The molecule has 0 aromatic rings. The van der Waals surface area contributed by atoms with Crippen LogP contribution < -0.4 is 5.73 Å². The number of nitrogens with zero attached hydrogens (tertiary/aromatic N) is 1. The molecule has 3 nitrogen and oxygen atoms in total. The maximum atomic E-state index is 10.7. The van der Waals surface area contributed by atoms with Crippen molar-refractivity contribution < 1.29 is 4.79 Å². The Morgan fingerprint density at radius 1 is 1.67 bits per heavy atom. The first-order chi connectivity index (χ1) is 4.18. The number of nitrogens with two attached hydrogens (primary N) is 1. The smallest absolute Gasteiger partial charge is 0.281 e. The number of thioether (sulfide) groups is 1. The normalized spacial score (nSPS) is 9.22. The van der Waals surface area contributed by atoms with Crippen LogP contribution >= 0.6 is 11.8 Å². The molecule has 0 saturated heterocycles. The van der Waals surface area contributed by atoms with Gasteiger partial charge in [0.05, 0.1) is 0 Å². The molecule has 0 radical (unpaired) electrons. The largest absolute Gasteiger partial charge is 0.340 e. The number of hydrogen-bond acceptors (Lipinski definition) is 3. The highest BCUT2D eigenvalue weighted by atomic mass is 32.2.